The van der Waals surface area contributed by atoms with Gasteiger partial charge in [0.2, 0.25) is 5.91 Å². The van der Waals surface area contributed by atoms with Crippen molar-refractivity contribution in [3.05, 3.63) is 64.7 Å². The number of rotatable bonds is 9. The SMILES string of the molecule is CCC(C)Oc1ccccc1/C=C/C(=O)Nc1ccc2oc(=O)n(CCN(C)C)c2c1. The van der Waals surface area contributed by atoms with Gasteiger partial charge < -0.3 is 19.4 Å². The fourth-order valence-electron chi connectivity index (χ4n) is 3.03. The maximum Gasteiger partial charge on any atom is 0.419 e. The van der Waals surface area contributed by atoms with Crippen molar-refractivity contribution < 1.29 is 13.9 Å². The number of hydrogen-bond donors (Lipinski definition) is 1. The van der Waals surface area contributed by atoms with Crippen molar-refractivity contribution in [2.45, 2.75) is 32.9 Å². The molecule has 0 radical (unpaired) electrons. The normalized spacial score (nSPS) is 12.5. The molecule has 164 valence electrons. The summed E-state index contributed by atoms with van der Waals surface area (Å²) in [6.45, 7) is 5.28. The molecule has 1 N–H and O–H groups in total. The molecule has 0 bridgehead atoms. The summed E-state index contributed by atoms with van der Waals surface area (Å²) in [5, 5.41) is 2.84. The molecule has 1 atom stereocenters. The summed E-state index contributed by atoms with van der Waals surface area (Å²) in [7, 11) is 3.88. The van der Waals surface area contributed by atoms with Crippen LogP contribution in [-0.4, -0.2) is 42.1 Å². The minimum Gasteiger partial charge on any atom is -0.490 e. The monoisotopic (exact) mass is 423 g/mol. The molecule has 31 heavy (non-hydrogen) atoms. The summed E-state index contributed by atoms with van der Waals surface area (Å²) in [6.07, 6.45) is 4.19. The van der Waals surface area contributed by atoms with E-state index in [1.54, 1.807) is 28.8 Å². The number of ether oxygens (including phenoxy) is 1. The molecule has 3 aromatic rings. The Balaban J connectivity index is 1.75. The fourth-order valence-corrected chi connectivity index (χ4v) is 3.03. The lowest BCUT2D eigenvalue weighted by Crippen LogP contribution is -2.23. The molecule has 3 rings (SSSR count). The molecular weight excluding hydrogens is 394 g/mol. The number of fused-ring (bicyclic) bond motifs is 1. The number of nitrogens with one attached hydrogen (secondary N) is 1. The largest absolute Gasteiger partial charge is 0.490 e. The third-order valence-electron chi connectivity index (χ3n) is 4.94. The van der Waals surface area contributed by atoms with E-state index in [9.17, 15) is 9.59 Å². The van der Waals surface area contributed by atoms with E-state index in [2.05, 4.69) is 12.2 Å². The Kier molecular flexibility index (Phi) is 7.31. The molecule has 0 saturated heterocycles. The Hall–Kier alpha value is -3.32. The number of carbonyl (C=O) groups is 1. The molecule has 1 unspecified atom stereocenters. The van der Waals surface area contributed by atoms with Gasteiger partial charge in [0.25, 0.3) is 0 Å². The molecule has 0 aliphatic rings. The molecule has 0 saturated carbocycles. The van der Waals surface area contributed by atoms with Crippen molar-refractivity contribution in [1.29, 1.82) is 0 Å². The van der Waals surface area contributed by atoms with Gasteiger partial charge >= 0.3 is 5.76 Å². The van der Waals surface area contributed by atoms with Gasteiger partial charge in [-0.25, -0.2) is 4.79 Å². The van der Waals surface area contributed by atoms with Gasteiger partial charge in [-0.3, -0.25) is 9.36 Å². The van der Waals surface area contributed by atoms with Gasteiger partial charge in [-0.05, 0) is 57.8 Å². The standard InChI is InChI=1S/C24H29N3O4/c1-5-17(2)30-21-9-7-6-8-18(21)10-13-23(28)25-19-11-12-22-20(16-19)27(24(29)31-22)15-14-26(3)4/h6-13,16-17H,5,14-15H2,1-4H3,(H,25,28)/b13-10+. The average Bonchev–Trinajstić information content (AvgIpc) is 3.05. The first-order valence-corrected chi connectivity index (χ1v) is 10.4. The number of aromatic nitrogens is 1. The minimum atomic E-state index is -0.405. The minimum absolute atomic E-state index is 0.0927. The molecule has 7 heteroatoms. The second-order valence-corrected chi connectivity index (χ2v) is 7.70. The highest BCUT2D eigenvalue weighted by Gasteiger charge is 2.11. The topological polar surface area (TPSA) is 76.7 Å². The molecule has 1 heterocycles. The van der Waals surface area contributed by atoms with Crippen molar-refractivity contribution in [2.75, 3.05) is 26.0 Å². The number of carbonyl (C=O) groups excluding carboxylic acids is 1. The van der Waals surface area contributed by atoms with Crippen molar-refractivity contribution >= 4 is 28.8 Å². The fraction of sp³-hybridized carbons (Fsp3) is 0.333. The summed E-state index contributed by atoms with van der Waals surface area (Å²) < 4.78 is 12.8. The Bertz CT molecular complexity index is 1130. The summed E-state index contributed by atoms with van der Waals surface area (Å²) in [5.74, 6) is 0.0622. The molecule has 0 spiro atoms. The lowest BCUT2D eigenvalue weighted by molar-refractivity contribution is -0.111. The van der Waals surface area contributed by atoms with Crippen LogP contribution in [0.3, 0.4) is 0 Å². The second kappa shape index (κ2) is 10.1. The highest BCUT2D eigenvalue weighted by Crippen LogP contribution is 2.22. The molecular formula is C24H29N3O4. The Morgan fingerprint density at radius 2 is 2.03 bits per heavy atom. The van der Waals surface area contributed by atoms with E-state index >= 15 is 0 Å². The zero-order valence-corrected chi connectivity index (χ0v) is 18.4. The highest BCUT2D eigenvalue weighted by atomic mass is 16.5. The Labute approximate surface area is 181 Å². The van der Waals surface area contributed by atoms with E-state index in [1.165, 1.54) is 6.08 Å². The first-order valence-electron chi connectivity index (χ1n) is 10.4. The quantitative estimate of drug-likeness (QED) is 0.527. The molecule has 0 aliphatic carbocycles. The van der Waals surface area contributed by atoms with Gasteiger partial charge in [-0.2, -0.15) is 0 Å². The second-order valence-electron chi connectivity index (χ2n) is 7.70. The van der Waals surface area contributed by atoms with E-state index in [-0.39, 0.29) is 12.0 Å². The van der Waals surface area contributed by atoms with Crippen LogP contribution in [0.25, 0.3) is 17.2 Å². The van der Waals surface area contributed by atoms with Crippen LogP contribution in [0.5, 0.6) is 5.75 Å². The van der Waals surface area contributed by atoms with Crippen molar-refractivity contribution in [1.82, 2.24) is 9.47 Å². The zero-order valence-electron chi connectivity index (χ0n) is 18.4. The molecule has 7 nitrogen and oxygen atoms in total. The summed E-state index contributed by atoms with van der Waals surface area (Å²) in [6, 6.07) is 12.8. The molecule has 2 aromatic carbocycles. The van der Waals surface area contributed by atoms with Gasteiger partial charge in [0, 0.05) is 30.4 Å². The summed E-state index contributed by atoms with van der Waals surface area (Å²) >= 11 is 0. The van der Waals surface area contributed by atoms with Gasteiger partial charge in [0.05, 0.1) is 11.6 Å². The van der Waals surface area contributed by atoms with E-state index in [0.717, 1.165) is 17.7 Å². The zero-order chi connectivity index (χ0) is 22.4. The maximum absolute atomic E-state index is 12.5. The predicted molar refractivity (Wildman–Crippen MR) is 124 cm³/mol. The number of oxazole rings is 1. The summed E-state index contributed by atoms with van der Waals surface area (Å²) in [4.78, 5) is 26.6. The number of benzene rings is 2. The Morgan fingerprint density at radius 3 is 2.77 bits per heavy atom. The van der Waals surface area contributed by atoms with Gasteiger partial charge in [-0.15, -0.1) is 0 Å². The van der Waals surface area contributed by atoms with Crippen LogP contribution in [0.4, 0.5) is 5.69 Å². The van der Waals surface area contributed by atoms with Crippen LogP contribution in [0.15, 0.2) is 57.8 Å². The number of nitrogens with zero attached hydrogens (tertiary/aromatic N) is 2. The average molecular weight is 424 g/mol. The van der Waals surface area contributed by atoms with Crippen molar-refractivity contribution in [2.24, 2.45) is 0 Å². The van der Waals surface area contributed by atoms with Crippen LogP contribution in [0, 0.1) is 0 Å². The van der Waals surface area contributed by atoms with Gasteiger partial charge in [0.15, 0.2) is 5.58 Å². The number of hydrogen-bond acceptors (Lipinski definition) is 5. The predicted octanol–water partition coefficient (Wildman–Crippen LogP) is 3.99. The van der Waals surface area contributed by atoms with Crippen LogP contribution in [0.2, 0.25) is 0 Å². The third-order valence-corrected chi connectivity index (χ3v) is 4.94. The number of anilines is 1. The van der Waals surface area contributed by atoms with Crippen LogP contribution >= 0.6 is 0 Å². The van der Waals surface area contributed by atoms with E-state index in [4.69, 9.17) is 9.15 Å². The lowest BCUT2D eigenvalue weighted by atomic mass is 10.1. The number of amides is 1. The summed E-state index contributed by atoms with van der Waals surface area (Å²) in [5.41, 5.74) is 2.57. The lowest BCUT2D eigenvalue weighted by Gasteiger charge is -2.14. The number of para-hydroxylation sites is 1. The molecule has 0 aliphatic heterocycles. The van der Waals surface area contributed by atoms with Gasteiger partial charge in [0.1, 0.15) is 5.75 Å². The molecule has 0 fully saturated rings. The Morgan fingerprint density at radius 1 is 1.26 bits per heavy atom. The number of likely N-dealkylation sites (N-methyl/N-ethyl adjacent to an activating group) is 1. The first-order chi connectivity index (χ1) is 14.9. The van der Waals surface area contributed by atoms with E-state index in [1.807, 2.05) is 50.2 Å². The van der Waals surface area contributed by atoms with Crippen molar-refractivity contribution in [3.8, 4) is 5.75 Å². The highest BCUT2D eigenvalue weighted by molar-refractivity contribution is 6.02. The van der Waals surface area contributed by atoms with Crippen molar-refractivity contribution in [3.63, 3.8) is 0 Å². The van der Waals surface area contributed by atoms with E-state index in [0.29, 0.717) is 29.9 Å². The first kappa shape index (κ1) is 22.4. The third kappa shape index (κ3) is 5.86. The maximum atomic E-state index is 12.5. The van der Waals surface area contributed by atoms with Crippen LogP contribution < -0.4 is 15.8 Å². The molecule has 1 aromatic heterocycles. The smallest absolute Gasteiger partial charge is 0.419 e. The van der Waals surface area contributed by atoms with Crippen LogP contribution in [-0.2, 0) is 11.3 Å². The van der Waals surface area contributed by atoms with Crippen LogP contribution in [0.1, 0.15) is 25.8 Å². The molecule has 1 amide bonds. The van der Waals surface area contributed by atoms with E-state index < -0.39 is 5.76 Å². The van der Waals surface area contributed by atoms with Gasteiger partial charge in [-0.1, -0.05) is 25.1 Å².